The van der Waals surface area contributed by atoms with Crippen LogP contribution in [-0.2, 0) is 16.6 Å². The molecule has 17 heavy (non-hydrogen) atoms. The van der Waals surface area contributed by atoms with Gasteiger partial charge in [0, 0.05) is 18.7 Å². The van der Waals surface area contributed by atoms with Gasteiger partial charge in [0.25, 0.3) is 0 Å². The van der Waals surface area contributed by atoms with Crippen molar-refractivity contribution in [3.8, 4) is 0 Å². The molecule has 1 aromatic rings. The maximum absolute atomic E-state index is 12.3. The third-order valence-electron chi connectivity index (χ3n) is 2.55. The van der Waals surface area contributed by atoms with Crippen molar-refractivity contribution >= 4 is 10.0 Å². The highest BCUT2D eigenvalue weighted by atomic mass is 32.2. The van der Waals surface area contributed by atoms with Gasteiger partial charge in [0.1, 0.15) is 23.0 Å². The zero-order valence-electron chi connectivity index (χ0n) is 10.6. The summed E-state index contributed by atoms with van der Waals surface area (Å²) in [6.45, 7) is 7.12. The van der Waals surface area contributed by atoms with Crippen LogP contribution >= 0.6 is 0 Å². The molecule has 0 amide bonds. The summed E-state index contributed by atoms with van der Waals surface area (Å²) in [5.74, 6) is 0.578. The summed E-state index contributed by atoms with van der Waals surface area (Å²) in [5, 5.41) is 8.94. The fraction of sp³-hybridized carbons (Fsp3) is 0.636. The van der Waals surface area contributed by atoms with Crippen LogP contribution in [0.3, 0.4) is 0 Å². The highest BCUT2D eigenvalue weighted by molar-refractivity contribution is 7.89. The van der Waals surface area contributed by atoms with E-state index in [1.807, 2.05) is 13.8 Å². The summed E-state index contributed by atoms with van der Waals surface area (Å²) in [4.78, 5) is 0.136. The van der Waals surface area contributed by atoms with E-state index in [-0.39, 0.29) is 23.3 Å². The summed E-state index contributed by atoms with van der Waals surface area (Å²) in [5.41, 5.74) is 0. The number of aliphatic hydroxyl groups is 1. The highest BCUT2D eigenvalue weighted by Gasteiger charge is 2.29. The average Bonchev–Trinajstić information content (AvgIpc) is 2.60. The van der Waals surface area contributed by atoms with Crippen molar-refractivity contribution < 1.29 is 17.9 Å². The SMILES string of the molecule is CCN(C(C)C)S(=O)(=O)c1cc(CO)oc1C. The molecule has 1 rings (SSSR count). The van der Waals surface area contributed by atoms with E-state index in [2.05, 4.69) is 0 Å². The lowest BCUT2D eigenvalue weighted by Crippen LogP contribution is -2.36. The number of furan rings is 1. The Kier molecular flexibility index (Phi) is 4.35. The van der Waals surface area contributed by atoms with Crippen LogP contribution in [0, 0.1) is 6.92 Å². The van der Waals surface area contributed by atoms with Crippen LogP contribution < -0.4 is 0 Å². The second kappa shape index (κ2) is 5.20. The summed E-state index contributed by atoms with van der Waals surface area (Å²) in [6, 6.07) is 1.27. The van der Waals surface area contributed by atoms with Crippen LogP contribution in [0.4, 0.5) is 0 Å². The first-order valence-corrected chi connectivity index (χ1v) is 7.00. The molecule has 0 fully saturated rings. The van der Waals surface area contributed by atoms with E-state index in [1.54, 1.807) is 13.8 Å². The van der Waals surface area contributed by atoms with Crippen LogP contribution in [0.1, 0.15) is 32.3 Å². The first-order valence-electron chi connectivity index (χ1n) is 5.56. The molecule has 98 valence electrons. The van der Waals surface area contributed by atoms with Gasteiger partial charge < -0.3 is 9.52 Å². The zero-order chi connectivity index (χ0) is 13.2. The number of nitrogens with zero attached hydrogens (tertiary/aromatic N) is 1. The second-order valence-electron chi connectivity index (χ2n) is 4.09. The lowest BCUT2D eigenvalue weighted by atomic mass is 10.4. The Morgan fingerprint density at radius 2 is 2.06 bits per heavy atom. The summed E-state index contributed by atoms with van der Waals surface area (Å²) >= 11 is 0. The smallest absolute Gasteiger partial charge is 0.246 e. The molecule has 0 unspecified atom stereocenters. The number of rotatable bonds is 5. The van der Waals surface area contributed by atoms with Crippen molar-refractivity contribution in [2.45, 2.75) is 45.2 Å². The van der Waals surface area contributed by atoms with E-state index < -0.39 is 10.0 Å². The molecular formula is C11H19NO4S. The zero-order valence-corrected chi connectivity index (χ0v) is 11.4. The van der Waals surface area contributed by atoms with Gasteiger partial charge in [-0.3, -0.25) is 0 Å². The molecule has 0 spiro atoms. The van der Waals surface area contributed by atoms with E-state index in [0.29, 0.717) is 12.3 Å². The van der Waals surface area contributed by atoms with E-state index in [0.717, 1.165) is 0 Å². The maximum Gasteiger partial charge on any atom is 0.246 e. The van der Waals surface area contributed by atoms with Gasteiger partial charge in [0.15, 0.2) is 0 Å². The van der Waals surface area contributed by atoms with Gasteiger partial charge in [-0.15, -0.1) is 0 Å². The van der Waals surface area contributed by atoms with Gasteiger partial charge in [-0.1, -0.05) is 6.92 Å². The van der Waals surface area contributed by atoms with Crippen molar-refractivity contribution in [3.05, 3.63) is 17.6 Å². The molecule has 0 atom stereocenters. The Labute approximate surface area is 102 Å². The lowest BCUT2D eigenvalue weighted by molar-refractivity contribution is 0.244. The third kappa shape index (κ3) is 2.70. The molecular weight excluding hydrogens is 242 g/mol. The number of sulfonamides is 1. The van der Waals surface area contributed by atoms with E-state index >= 15 is 0 Å². The Hall–Kier alpha value is -0.850. The monoisotopic (exact) mass is 261 g/mol. The fourth-order valence-corrected chi connectivity index (χ4v) is 3.63. The van der Waals surface area contributed by atoms with Crippen molar-refractivity contribution in [3.63, 3.8) is 0 Å². The van der Waals surface area contributed by atoms with Crippen molar-refractivity contribution in [1.29, 1.82) is 0 Å². The minimum Gasteiger partial charge on any atom is -0.462 e. The quantitative estimate of drug-likeness (QED) is 0.872. The van der Waals surface area contributed by atoms with E-state index in [4.69, 9.17) is 9.52 Å². The highest BCUT2D eigenvalue weighted by Crippen LogP contribution is 2.24. The number of aryl methyl sites for hydroxylation is 1. The first kappa shape index (κ1) is 14.2. The Morgan fingerprint density at radius 3 is 2.41 bits per heavy atom. The van der Waals surface area contributed by atoms with E-state index in [1.165, 1.54) is 10.4 Å². The normalized spacial score (nSPS) is 12.6. The largest absolute Gasteiger partial charge is 0.462 e. The predicted octanol–water partition coefficient (Wildman–Crippen LogP) is 1.50. The van der Waals surface area contributed by atoms with Gasteiger partial charge in [0.2, 0.25) is 10.0 Å². The molecule has 6 heteroatoms. The Bertz CT molecular complexity index is 476. The lowest BCUT2D eigenvalue weighted by Gasteiger charge is -2.23. The molecule has 0 bridgehead atoms. The van der Waals surface area contributed by atoms with Gasteiger partial charge in [-0.25, -0.2) is 8.42 Å². The molecule has 0 radical (unpaired) electrons. The van der Waals surface area contributed by atoms with Gasteiger partial charge in [-0.2, -0.15) is 4.31 Å². The maximum atomic E-state index is 12.3. The first-order chi connectivity index (χ1) is 7.84. The molecule has 1 aromatic heterocycles. The minimum absolute atomic E-state index is 0.114. The summed E-state index contributed by atoms with van der Waals surface area (Å²) < 4.78 is 31.2. The second-order valence-corrected chi connectivity index (χ2v) is 5.95. The van der Waals surface area contributed by atoms with Crippen LogP contribution in [0.5, 0.6) is 0 Å². The van der Waals surface area contributed by atoms with Crippen LogP contribution in [0.2, 0.25) is 0 Å². The molecule has 0 aliphatic rings. The van der Waals surface area contributed by atoms with Crippen LogP contribution in [-0.4, -0.2) is 30.4 Å². The topological polar surface area (TPSA) is 70.8 Å². The summed E-state index contributed by atoms with van der Waals surface area (Å²) in [6.07, 6.45) is 0. The van der Waals surface area contributed by atoms with Crippen molar-refractivity contribution in [2.75, 3.05) is 6.54 Å². The average molecular weight is 261 g/mol. The molecule has 1 heterocycles. The summed E-state index contributed by atoms with van der Waals surface area (Å²) in [7, 11) is -3.54. The molecule has 1 N–H and O–H groups in total. The minimum atomic E-state index is -3.54. The predicted molar refractivity (Wildman–Crippen MR) is 64.1 cm³/mol. The molecule has 0 saturated heterocycles. The van der Waals surface area contributed by atoms with E-state index in [9.17, 15) is 8.42 Å². The fourth-order valence-electron chi connectivity index (χ4n) is 1.80. The van der Waals surface area contributed by atoms with Crippen LogP contribution in [0.25, 0.3) is 0 Å². The standard InChI is InChI=1S/C11H19NO4S/c1-5-12(8(2)3)17(14,15)11-6-10(7-13)16-9(11)4/h6,8,13H,5,7H2,1-4H3. The molecule has 0 saturated carbocycles. The van der Waals surface area contributed by atoms with Gasteiger partial charge in [-0.05, 0) is 20.8 Å². The Balaban J connectivity index is 3.24. The van der Waals surface area contributed by atoms with Gasteiger partial charge in [0.05, 0.1) is 0 Å². The number of hydrogen-bond acceptors (Lipinski definition) is 4. The number of hydrogen-bond donors (Lipinski definition) is 1. The van der Waals surface area contributed by atoms with Crippen molar-refractivity contribution in [1.82, 2.24) is 4.31 Å². The van der Waals surface area contributed by atoms with Crippen molar-refractivity contribution in [2.24, 2.45) is 0 Å². The third-order valence-corrected chi connectivity index (χ3v) is 4.81. The van der Waals surface area contributed by atoms with Crippen LogP contribution in [0.15, 0.2) is 15.4 Å². The number of aliphatic hydroxyl groups excluding tert-OH is 1. The molecule has 5 nitrogen and oxygen atoms in total. The Morgan fingerprint density at radius 1 is 1.47 bits per heavy atom. The molecule has 0 aliphatic heterocycles. The van der Waals surface area contributed by atoms with Gasteiger partial charge >= 0.3 is 0 Å². The molecule has 0 aromatic carbocycles. The molecule has 0 aliphatic carbocycles.